The van der Waals surface area contributed by atoms with Gasteiger partial charge in [0.25, 0.3) is 5.78 Å². The molecule has 1 saturated carbocycles. The Morgan fingerprint density at radius 1 is 1.36 bits per heavy atom. The molecule has 1 fully saturated rings. The Kier molecular flexibility index (Phi) is 4.95. The van der Waals surface area contributed by atoms with Gasteiger partial charge < -0.3 is 4.90 Å². The largest absolute Gasteiger partial charge is 0.326 e. The van der Waals surface area contributed by atoms with Gasteiger partial charge in [-0.25, -0.2) is 4.98 Å². The fourth-order valence-corrected chi connectivity index (χ4v) is 4.31. The van der Waals surface area contributed by atoms with Crippen molar-refractivity contribution < 1.29 is 4.79 Å². The van der Waals surface area contributed by atoms with Crippen molar-refractivity contribution in [2.24, 2.45) is 0 Å². The summed E-state index contributed by atoms with van der Waals surface area (Å²) >= 11 is 1.33. The minimum absolute atomic E-state index is 0.0528. The summed E-state index contributed by atoms with van der Waals surface area (Å²) in [6.45, 7) is 3.88. The van der Waals surface area contributed by atoms with Crippen LogP contribution in [-0.4, -0.2) is 48.7 Å². The number of rotatable bonds is 4. The van der Waals surface area contributed by atoms with E-state index in [0.717, 1.165) is 43.5 Å². The molecule has 0 unspecified atom stereocenters. The summed E-state index contributed by atoms with van der Waals surface area (Å²) in [5.74, 6) is 0.720. The second-order valence-corrected chi connectivity index (χ2v) is 7.54. The number of thioether (sulfide) groups is 1. The fourth-order valence-electron chi connectivity index (χ4n) is 3.41. The molecule has 2 aromatic rings. The van der Waals surface area contributed by atoms with E-state index in [1.807, 2.05) is 24.3 Å². The van der Waals surface area contributed by atoms with Crippen LogP contribution < -0.4 is 0 Å². The van der Waals surface area contributed by atoms with Crippen LogP contribution >= 0.6 is 11.8 Å². The minimum Gasteiger partial charge on any atom is -0.326 e. The molecule has 1 amide bonds. The minimum atomic E-state index is -0.655. The Morgan fingerprint density at radius 2 is 2.08 bits per heavy atom. The van der Waals surface area contributed by atoms with Gasteiger partial charge in [-0.05, 0) is 32.8 Å². The van der Waals surface area contributed by atoms with Crippen LogP contribution in [0.1, 0.15) is 43.5 Å². The summed E-state index contributed by atoms with van der Waals surface area (Å²) < 4.78 is 1.85. The molecule has 1 aliphatic rings. The second-order valence-electron chi connectivity index (χ2n) is 6.60. The van der Waals surface area contributed by atoms with Crippen molar-refractivity contribution in [1.29, 1.82) is 5.26 Å². The molecule has 0 aromatic carbocycles. The van der Waals surface area contributed by atoms with Gasteiger partial charge in [0, 0.05) is 18.4 Å². The molecule has 3 rings (SSSR count). The number of nitriles is 1. The molecule has 7 nitrogen and oxygen atoms in total. The lowest BCUT2D eigenvalue weighted by molar-refractivity contribution is -0.131. The van der Waals surface area contributed by atoms with Gasteiger partial charge in [-0.3, -0.25) is 9.20 Å². The van der Waals surface area contributed by atoms with Crippen LogP contribution in [0.3, 0.4) is 0 Å². The highest BCUT2D eigenvalue weighted by Gasteiger charge is 2.38. The average molecular weight is 358 g/mol. The molecular formula is C17H22N6OS. The maximum absolute atomic E-state index is 12.7. The first-order valence-electron chi connectivity index (χ1n) is 8.47. The average Bonchev–Trinajstić information content (AvgIpc) is 3.02. The molecule has 0 aliphatic heterocycles. The van der Waals surface area contributed by atoms with Crippen molar-refractivity contribution in [1.82, 2.24) is 24.5 Å². The Balaban J connectivity index is 1.73. The van der Waals surface area contributed by atoms with Crippen molar-refractivity contribution in [3.8, 4) is 6.07 Å². The number of carbonyl (C=O) groups is 1. The number of aryl methyl sites for hydroxylation is 2. The first-order valence-corrected chi connectivity index (χ1v) is 9.45. The van der Waals surface area contributed by atoms with Crippen LogP contribution in [0.25, 0.3) is 5.78 Å². The summed E-state index contributed by atoms with van der Waals surface area (Å²) in [5, 5.41) is 18.5. The van der Waals surface area contributed by atoms with Crippen molar-refractivity contribution in [3.63, 3.8) is 0 Å². The first kappa shape index (κ1) is 17.7. The molecule has 2 heterocycles. The lowest BCUT2D eigenvalue weighted by Gasteiger charge is -2.39. The van der Waals surface area contributed by atoms with Crippen molar-refractivity contribution >= 4 is 23.4 Å². The third-order valence-electron chi connectivity index (χ3n) is 4.89. The summed E-state index contributed by atoms with van der Waals surface area (Å²) in [6, 6.07) is 4.35. The van der Waals surface area contributed by atoms with Gasteiger partial charge in [0.2, 0.25) is 5.91 Å². The van der Waals surface area contributed by atoms with Crippen molar-refractivity contribution in [2.75, 3.05) is 12.8 Å². The number of aromatic nitrogens is 4. The molecule has 25 heavy (non-hydrogen) atoms. The molecule has 0 spiro atoms. The molecule has 0 radical (unpaired) electrons. The molecule has 8 heteroatoms. The van der Waals surface area contributed by atoms with Crippen LogP contribution in [0.15, 0.2) is 11.2 Å². The highest BCUT2D eigenvalue weighted by molar-refractivity contribution is 7.99. The molecule has 1 aliphatic carbocycles. The van der Waals surface area contributed by atoms with E-state index < -0.39 is 5.54 Å². The molecule has 2 aromatic heterocycles. The lowest BCUT2D eigenvalue weighted by Crippen LogP contribution is -2.50. The topological polar surface area (TPSA) is 87.2 Å². The zero-order valence-electron chi connectivity index (χ0n) is 14.8. The van der Waals surface area contributed by atoms with E-state index in [-0.39, 0.29) is 11.7 Å². The second kappa shape index (κ2) is 7.00. The lowest BCUT2D eigenvalue weighted by atomic mass is 9.81. The molecule has 0 saturated heterocycles. The normalized spacial score (nSPS) is 16.6. The third kappa shape index (κ3) is 3.33. The summed E-state index contributed by atoms with van der Waals surface area (Å²) in [4.78, 5) is 18.6. The molecule has 0 bridgehead atoms. The van der Waals surface area contributed by atoms with Gasteiger partial charge in [0.1, 0.15) is 5.54 Å². The van der Waals surface area contributed by atoms with E-state index in [9.17, 15) is 10.1 Å². The molecule has 0 N–H and O–H groups in total. The Hall–Kier alpha value is -2.14. The summed E-state index contributed by atoms with van der Waals surface area (Å²) in [5.41, 5.74) is 1.21. The number of carbonyl (C=O) groups excluding carboxylic acids is 1. The van der Waals surface area contributed by atoms with Crippen LogP contribution in [0.2, 0.25) is 0 Å². The van der Waals surface area contributed by atoms with Crippen LogP contribution in [0, 0.1) is 25.2 Å². The van der Waals surface area contributed by atoms with E-state index in [2.05, 4.69) is 21.3 Å². The van der Waals surface area contributed by atoms with Gasteiger partial charge in [-0.1, -0.05) is 31.0 Å². The smallest absolute Gasteiger partial charge is 0.256 e. The number of fused-ring (bicyclic) bond motifs is 1. The van der Waals surface area contributed by atoms with E-state index in [1.165, 1.54) is 11.8 Å². The highest BCUT2D eigenvalue weighted by Crippen LogP contribution is 2.33. The van der Waals surface area contributed by atoms with Crippen LogP contribution in [0.4, 0.5) is 0 Å². The van der Waals surface area contributed by atoms with Crippen LogP contribution in [-0.2, 0) is 4.79 Å². The van der Waals surface area contributed by atoms with Gasteiger partial charge in [-0.15, -0.1) is 10.2 Å². The van der Waals surface area contributed by atoms with E-state index in [4.69, 9.17) is 0 Å². The standard InChI is InChI=1S/C17H22N6OS/c1-12-9-13(2)23-15(19-12)20-21-16(23)25-10-14(24)22(3)17(11-18)7-5-4-6-8-17/h9H,4-8,10H2,1-3H3. The van der Waals surface area contributed by atoms with Gasteiger partial charge >= 0.3 is 0 Å². The molecular weight excluding hydrogens is 336 g/mol. The van der Waals surface area contributed by atoms with Crippen molar-refractivity contribution in [2.45, 2.75) is 56.6 Å². The highest BCUT2D eigenvalue weighted by atomic mass is 32.2. The zero-order chi connectivity index (χ0) is 18.0. The van der Waals surface area contributed by atoms with Crippen molar-refractivity contribution in [3.05, 3.63) is 17.5 Å². The maximum atomic E-state index is 12.7. The predicted octanol–water partition coefficient (Wildman–Crippen LogP) is 2.52. The van der Waals surface area contributed by atoms with Gasteiger partial charge in [0.05, 0.1) is 11.8 Å². The van der Waals surface area contributed by atoms with Gasteiger partial charge in [-0.2, -0.15) is 5.26 Å². The Labute approximate surface area is 151 Å². The fraction of sp³-hybridized carbons (Fsp3) is 0.588. The SMILES string of the molecule is Cc1cc(C)n2c(SCC(=O)N(C)C3(C#N)CCCCC3)nnc2n1. The molecule has 0 atom stereocenters. The first-order chi connectivity index (χ1) is 12.0. The van der Waals surface area contributed by atoms with Gasteiger partial charge in [0.15, 0.2) is 5.16 Å². The van der Waals surface area contributed by atoms with Crippen LogP contribution in [0.5, 0.6) is 0 Å². The monoisotopic (exact) mass is 358 g/mol. The zero-order valence-corrected chi connectivity index (χ0v) is 15.6. The third-order valence-corrected chi connectivity index (χ3v) is 5.81. The summed E-state index contributed by atoms with van der Waals surface area (Å²) in [7, 11) is 1.75. The number of nitrogens with zero attached hydrogens (tertiary/aromatic N) is 6. The number of hydrogen-bond donors (Lipinski definition) is 0. The quantitative estimate of drug-likeness (QED) is 0.781. The maximum Gasteiger partial charge on any atom is 0.256 e. The van der Waals surface area contributed by atoms with E-state index in [1.54, 1.807) is 11.9 Å². The summed E-state index contributed by atoms with van der Waals surface area (Å²) in [6.07, 6.45) is 4.64. The predicted molar refractivity (Wildman–Crippen MR) is 95.2 cm³/mol. The Bertz CT molecular complexity index is 834. The van der Waals surface area contributed by atoms with E-state index >= 15 is 0 Å². The molecule has 132 valence electrons. The number of hydrogen-bond acceptors (Lipinski definition) is 6. The Morgan fingerprint density at radius 3 is 2.76 bits per heavy atom. The van der Waals surface area contributed by atoms with E-state index in [0.29, 0.717) is 10.9 Å². The number of amides is 1.